The molecule has 8 nitrogen and oxygen atoms in total. The Morgan fingerprint density at radius 3 is 2.93 bits per heavy atom. The van der Waals surface area contributed by atoms with Crippen molar-refractivity contribution >= 4 is 45.3 Å². The summed E-state index contributed by atoms with van der Waals surface area (Å²) in [6.45, 7) is 2.23. The van der Waals surface area contributed by atoms with Crippen molar-refractivity contribution < 1.29 is 4.79 Å². The number of hydrogen-bond donors (Lipinski definition) is 1. The average molecular weight is 379 g/mol. The van der Waals surface area contributed by atoms with Crippen LogP contribution < -0.4 is 5.32 Å². The van der Waals surface area contributed by atoms with Gasteiger partial charge in [0.15, 0.2) is 10.8 Å². The molecule has 1 fully saturated rings. The summed E-state index contributed by atoms with van der Waals surface area (Å²) in [5.41, 5.74) is 3.39. The number of rotatable bonds is 3. The molecule has 5 rings (SSSR count). The van der Waals surface area contributed by atoms with E-state index in [9.17, 15) is 4.79 Å². The van der Waals surface area contributed by atoms with E-state index in [1.807, 2.05) is 17.2 Å². The molecule has 0 bridgehead atoms. The summed E-state index contributed by atoms with van der Waals surface area (Å²) in [5.74, 6) is 0.560. The highest BCUT2D eigenvalue weighted by molar-refractivity contribution is 7.19. The number of carbonyl (C=O) groups is 1. The van der Waals surface area contributed by atoms with Crippen LogP contribution >= 0.6 is 11.3 Å². The van der Waals surface area contributed by atoms with Crippen molar-refractivity contribution in [2.45, 2.75) is 25.8 Å². The lowest BCUT2D eigenvalue weighted by Crippen LogP contribution is -2.35. The van der Waals surface area contributed by atoms with E-state index in [1.54, 1.807) is 6.20 Å². The first-order chi connectivity index (χ1) is 13.3. The Morgan fingerprint density at radius 1 is 1.15 bits per heavy atom. The smallest absolute Gasteiger partial charge is 0.282 e. The minimum Gasteiger partial charge on any atom is -0.337 e. The highest BCUT2D eigenvalue weighted by atomic mass is 32.1. The van der Waals surface area contributed by atoms with E-state index >= 15 is 0 Å². The Kier molecular flexibility index (Phi) is 4.01. The molecule has 9 heteroatoms. The first-order valence-corrected chi connectivity index (χ1v) is 9.76. The molecule has 3 aromatic rings. The standard InChI is InChI=1S/C18H17N7OS/c26-18(25-4-2-1-3-5-25)17-24-14-15(21-10-22-16(14)27-17)23-12-6-11-7-19-9-13(11)20-8-12/h6-8,10H,1-5,9H2,(H,21,22,23). The van der Waals surface area contributed by atoms with Gasteiger partial charge in [0.2, 0.25) is 0 Å². The second kappa shape index (κ2) is 6.66. The summed E-state index contributed by atoms with van der Waals surface area (Å²) in [6, 6.07) is 1.99. The summed E-state index contributed by atoms with van der Waals surface area (Å²) in [5, 5.41) is 3.72. The predicted octanol–water partition coefficient (Wildman–Crippen LogP) is 2.78. The van der Waals surface area contributed by atoms with Gasteiger partial charge in [0.25, 0.3) is 5.91 Å². The molecule has 1 N–H and O–H groups in total. The van der Waals surface area contributed by atoms with Crippen LogP contribution in [0.3, 0.4) is 0 Å². The maximum absolute atomic E-state index is 12.7. The maximum atomic E-state index is 12.7. The molecule has 136 valence electrons. The highest BCUT2D eigenvalue weighted by Gasteiger charge is 2.23. The number of pyridine rings is 1. The average Bonchev–Trinajstić information content (AvgIpc) is 3.35. The molecule has 0 unspecified atom stereocenters. The number of piperidine rings is 1. The van der Waals surface area contributed by atoms with Crippen LogP contribution in [0.5, 0.6) is 0 Å². The zero-order valence-electron chi connectivity index (χ0n) is 14.6. The van der Waals surface area contributed by atoms with Crippen LogP contribution in [0.2, 0.25) is 0 Å². The van der Waals surface area contributed by atoms with Crippen LogP contribution in [0.1, 0.15) is 40.3 Å². The summed E-state index contributed by atoms with van der Waals surface area (Å²) in [6.07, 6.45) is 8.35. The Morgan fingerprint density at radius 2 is 2.04 bits per heavy atom. The second-order valence-corrected chi connectivity index (χ2v) is 7.58. The summed E-state index contributed by atoms with van der Waals surface area (Å²) < 4.78 is 0. The number of carbonyl (C=O) groups excluding carboxylic acids is 1. The molecule has 3 aromatic heterocycles. The number of fused-ring (bicyclic) bond motifs is 2. The van der Waals surface area contributed by atoms with Gasteiger partial charge in [-0.25, -0.2) is 15.0 Å². The Bertz CT molecular complexity index is 1060. The van der Waals surface area contributed by atoms with Crippen LogP contribution in [0, 0.1) is 0 Å². The molecular formula is C18H17N7OS. The molecule has 0 aliphatic carbocycles. The predicted molar refractivity (Wildman–Crippen MR) is 104 cm³/mol. The van der Waals surface area contributed by atoms with Crippen molar-refractivity contribution in [1.29, 1.82) is 0 Å². The van der Waals surface area contributed by atoms with Gasteiger partial charge in [-0.1, -0.05) is 11.3 Å². The first kappa shape index (κ1) is 16.2. The van der Waals surface area contributed by atoms with E-state index in [1.165, 1.54) is 24.1 Å². The van der Waals surface area contributed by atoms with E-state index in [-0.39, 0.29) is 5.91 Å². The van der Waals surface area contributed by atoms with Gasteiger partial charge in [-0.05, 0) is 25.3 Å². The van der Waals surface area contributed by atoms with Crippen LogP contribution in [0.25, 0.3) is 10.3 Å². The van der Waals surface area contributed by atoms with Gasteiger partial charge in [0.1, 0.15) is 16.7 Å². The number of anilines is 2. The van der Waals surface area contributed by atoms with Gasteiger partial charge in [-0.15, -0.1) is 0 Å². The molecule has 0 spiro atoms. The molecular weight excluding hydrogens is 362 g/mol. The summed E-state index contributed by atoms with van der Waals surface area (Å²) in [4.78, 5) is 37.1. The largest absolute Gasteiger partial charge is 0.337 e. The lowest BCUT2D eigenvalue weighted by Gasteiger charge is -2.25. The number of amides is 1. The van der Waals surface area contributed by atoms with E-state index in [4.69, 9.17) is 0 Å². The van der Waals surface area contributed by atoms with Crippen molar-refractivity contribution in [3.05, 3.63) is 34.9 Å². The second-order valence-electron chi connectivity index (χ2n) is 6.60. The van der Waals surface area contributed by atoms with E-state index < -0.39 is 0 Å². The lowest BCUT2D eigenvalue weighted by atomic mass is 10.1. The molecule has 0 aromatic carbocycles. The molecule has 1 saturated heterocycles. The Hall–Kier alpha value is -2.94. The van der Waals surface area contributed by atoms with Gasteiger partial charge >= 0.3 is 0 Å². The SMILES string of the molecule is O=C(c1nc2c(Nc3cnc4c(c3)C=NC4)ncnc2s1)N1CCCCC1. The van der Waals surface area contributed by atoms with Crippen molar-refractivity contribution in [3.8, 4) is 0 Å². The van der Waals surface area contributed by atoms with E-state index in [0.29, 0.717) is 27.7 Å². The van der Waals surface area contributed by atoms with Crippen molar-refractivity contribution in [2.24, 2.45) is 4.99 Å². The number of likely N-dealkylation sites (tertiary alicyclic amines) is 1. The van der Waals surface area contributed by atoms with Crippen molar-refractivity contribution in [3.63, 3.8) is 0 Å². The third-order valence-electron chi connectivity index (χ3n) is 4.76. The summed E-state index contributed by atoms with van der Waals surface area (Å²) >= 11 is 1.31. The zero-order valence-corrected chi connectivity index (χ0v) is 15.4. The molecule has 2 aliphatic heterocycles. The van der Waals surface area contributed by atoms with Gasteiger partial charge < -0.3 is 10.2 Å². The van der Waals surface area contributed by atoms with Crippen LogP contribution in [0.15, 0.2) is 23.6 Å². The van der Waals surface area contributed by atoms with E-state index in [2.05, 4.69) is 30.2 Å². The fourth-order valence-corrected chi connectivity index (χ4v) is 4.23. The topological polar surface area (TPSA) is 96.3 Å². The fourth-order valence-electron chi connectivity index (χ4n) is 3.36. The third kappa shape index (κ3) is 3.03. The minimum absolute atomic E-state index is 0.0148. The van der Waals surface area contributed by atoms with E-state index in [0.717, 1.165) is 42.9 Å². The Balaban J connectivity index is 1.45. The molecule has 0 saturated carbocycles. The van der Waals surface area contributed by atoms with Crippen LogP contribution in [0.4, 0.5) is 11.5 Å². The zero-order chi connectivity index (χ0) is 18.2. The molecule has 27 heavy (non-hydrogen) atoms. The van der Waals surface area contributed by atoms with Crippen LogP contribution in [-0.2, 0) is 6.54 Å². The number of nitrogens with zero attached hydrogens (tertiary/aromatic N) is 6. The van der Waals surface area contributed by atoms with Crippen molar-refractivity contribution in [2.75, 3.05) is 18.4 Å². The Labute approximate surface area is 159 Å². The first-order valence-electron chi connectivity index (χ1n) is 8.94. The molecule has 0 radical (unpaired) electrons. The molecule has 5 heterocycles. The fraction of sp³-hybridized carbons (Fsp3) is 0.333. The molecule has 1 amide bonds. The maximum Gasteiger partial charge on any atom is 0.282 e. The normalized spacial score (nSPS) is 15.9. The van der Waals surface area contributed by atoms with Crippen LogP contribution in [-0.4, -0.2) is 50.0 Å². The number of aromatic nitrogens is 4. The monoisotopic (exact) mass is 379 g/mol. The minimum atomic E-state index is -0.0148. The lowest BCUT2D eigenvalue weighted by molar-refractivity contribution is 0.0724. The van der Waals surface area contributed by atoms with Gasteiger partial charge in [0, 0.05) is 24.9 Å². The number of thiazole rings is 1. The van der Waals surface area contributed by atoms with Crippen molar-refractivity contribution in [1.82, 2.24) is 24.8 Å². The molecule has 0 atom stereocenters. The number of hydrogen-bond acceptors (Lipinski definition) is 8. The number of aliphatic imine (C=N–C) groups is 1. The van der Waals surface area contributed by atoms with Gasteiger partial charge in [-0.2, -0.15) is 0 Å². The third-order valence-corrected chi connectivity index (χ3v) is 5.71. The van der Waals surface area contributed by atoms with Gasteiger partial charge in [0.05, 0.1) is 24.1 Å². The summed E-state index contributed by atoms with van der Waals surface area (Å²) in [7, 11) is 0. The van der Waals surface area contributed by atoms with Gasteiger partial charge in [-0.3, -0.25) is 14.8 Å². The highest BCUT2D eigenvalue weighted by Crippen LogP contribution is 2.28. The quantitative estimate of drug-likeness (QED) is 0.752. The number of nitrogens with one attached hydrogen (secondary N) is 1. The molecule has 2 aliphatic rings.